The Bertz CT molecular complexity index is 1530. The Morgan fingerprint density at radius 2 is 1.69 bits per heavy atom. The smallest absolute Gasteiger partial charge is 0.309 e. The Labute approximate surface area is 246 Å². The fourth-order valence-electron chi connectivity index (χ4n) is 4.12. The van der Waals surface area contributed by atoms with E-state index in [1.807, 2.05) is 42.5 Å². The molecule has 0 radical (unpaired) electrons. The van der Waals surface area contributed by atoms with Gasteiger partial charge in [0.1, 0.15) is 29.1 Å². The topological polar surface area (TPSA) is 149 Å². The van der Waals surface area contributed by atoms with Gasteiger partial charge in [-0.25, -0.2) is 8.42 Å². The number of carbonyl (C=O) groups is 3. The van der Waals surface area contributed by atoms with Crippen molar-refractivity contribution < 1.29 is 37.0 Å². The van der Waals surface area contributed by atoms with Gasteiger partial charge < -0.3 is 24.8 Å². The number of amides is 2. The van der Waals surface area contributed by atoms with Gasteiger partial charge in [0.15, 0.2) is 0 Å². The molecular formula is C30H37N3O8S. The SMILES string of the molecule is CNC(=O)C(CC(=O)OC(C)(C)C)OCNS(=O)(=O)c1ccc(NC(C)=O)cc1OCCc1cccc2ccccc12. The van der Waals surface area contributed by atoms with E-state index >= 15 is 0 Å². The number of ether oxygens (including phenoxy) is 3. The number of fused-ring (bicyclic) bond motifs is 1. The van der Waals surface area contributed by atoms with E-state index in [-0.39, 0.29) is 23.2 Å². The quantitative estimate of drug-likeness (QED) is 0.200. The molecule has 0 fully saturated rings. The number of hydrogen-bond acceptors (Lipinski definition) is 8. The van der Waals surface area contributed by atoms with Gasteiger partial charge in [0.05, 0.1) is 13.0 Å². The minimum absolute atomic E-state index is 0.0191. The number of anilines is 1. The third kappa shape index (κ3) is 9.54. The normalized spacial score (nSPS) is 12.4. The second-order valence-corrected chi connectivity index (χ2v) is 12.2. The third-order valence-corrected chi connectivity index (χ3v) is 7.32. The number of carbonyl (C=O) groups excluding carboxylic acids is 3. The largest absolute Gasteiger partial charge is 0.492 e. The predicted octanol–water partition coefficient (Wildman–Crippen LogP) is 3.52. The van der Waals surface area contributed by atoms with Crippen molar-refractivity contribution in [2.75, 3.05) is 25.7 Å². The lowest BCUT2D eigenvalue weighted by Gasteiger charge is -2.22. The molecule has 0 saturated heterocycles. The van der Waals surface area contributed by atoms with Gasteiger partial charge >= 0.3 is 5.97 Å². The Balaban J connectivity index is 1.75. The first-order valence-corrected chi connectivity index (χ1v) is 14.8. The van der Waals surface area contributed by atoms with Gasteiger partial charge in [0, 0.05) is 32.1 Å². The average molecular weight is 600 g/mol. The molecule has 12 heteroatoms. The second kappa shape index (κ2) is 14.3. The zero-order valence-corrected chi connectivity index (χ0v) is 25.2. The molecule has 11 nitrogen and oxygen atoms in total. The summed E-state index contributed by atoms with van der Waals surface area (Å²) >= 11 is 0. The van der Waals surface area contributed by atoms with Gasteiger partial charge in [-0.3, -0.25) is 14.4 Å². The number of likely N-dealkylation sites (N-methyl/N-ethyl adjacent to an activating group) is 1. The van der Waals surface area contributed by atoms with Crippen LogP contribution >= 0.6 is 0 Å². The number of hydrogen-bond donors (Lipinski definition) is 3. The van der Waals surface area contributed by atoms with Crippen molar-refractivity contribution in [3.63, 3.8) is 0 Å². The highest BCUT2D eigenvalue weighted by Gasteiger charge is 2.27. The summed E-state index contributed by atoms with van der Waals surface area (Å²) in [4.78, 5) is 35.9. The maximum absolute atomic E-state index is 13.3. The monoisotopic (exact) mass is 599 g/mol. The van der Waals surface area contributed by atoms with Crippen LogP contribution in [0.4, 0.5) is 5.69 Å². The minimum Gasteiger partial charge on any atom is -0.492 e. The third-order valence-electron chi connectivity index (χ3n) is 5.91. The molecule has 0 aliphatic heterocycles. The molecule has 42 heavy (non-hydrogen) atoms. The Morgan fingerprint density at radius 1 is 0.976 bits per heavy atom. The first-order valence-electron chi connectivity index (χ1n) is 13.3. The van der Waals surface area contributed by atoms with Crippen LogP contribution in [0.5, 0.6) is 5.75 Å². The second-order valence-electron chi connectivity index (χ2n) is 10.4. The molecular weight excluding hydrogens is 562 g/mol. The van der Waals surface area contributed by atoms with Crippen molar-refractivity contribution >= 4 is 44.3 Å². The highest BCUT2D eigenvalue weighted by molar-refractivity contribution is 7.89. The molecule has 1 atom stereocenters. The molecule has 226 valence electrons. The molecule has 2 amide bonds. The number of sulfonamides is 1. The molecule has 3 aromatic rings. The summed E-state index contributed by atoms with van der Waals surface area (Å²) in [7, 11) is -2.84. The summed E-state index contributed by atoms with van der Waals surface area (Å²) < 4.78 is 45.5. The van der Waals surface area contributed by atoms with Gasteiger partial charge in [-0.15, -0.1) is 0 Å². The Morgan fingerprint density at radius 3 is 2.38 bits per heavy atom. The summed E-state index contributed by atoms with van der Waals surface area (Å²) in [5.74, 6) is -1.60. The number of nitrogens with one attached hydrogen (secondary N) is 3. The van der Waals surface area contributed by atoms with Crippen molar-refractivity contribution in [2.24, 2.45) is 0 Å². The minimum atomic E-state index is -4.21. The van der Waals surface area contributed by atoms with E-state index in [0.717, 1.165) is 16.3 Å². The molecule has 1 unspecified atom stereocenters. The lowest BCUT2D eigenvalue weighted by atomic mass is 10.0. The van der Waals surface area contributed by atoms with Crippen molar-refractivity contribution in [1.82, 2.24) is 10.0 Å². The fourth-order valence-corrected chi connectivity index (χ4v) is 5.13. The van der Waals surface area contributed by atoms with Crippen LogP contribution in [0.1, 0.15) is 39.7 Å². The van der Waals surface area contributed by atoms with Crippen molar-refractivity contribution in [1.29, 1.82) is 0 Å². The van der Waals surface area contributed by atoms with Gasteiger partial charge in [-0.1, -0.05) is 42.5 Å². The summed E-state index contributed by atoms with van der Waals surface area (Å²) in [6, 6.07) is 18.0. The molecule has 0 spiro atoms. The van der Waals surface area contributed by atoms with E-state index < -0.39 is 46.8 Å². The molecule has 3 rings (SSSR count). The van der Waals surface area contributed by atoms with Crippen molar-refractivity contribution in [3.05, 3.63) is 66.2 Å². The molecule has 0 bridgehead atoms. The van der Waals surface area contributed by atoms with Crippen LogP contribution < -0.4 is 20.1 Å². The average Bonchev–Trinajstić information content (AvgIpc) is 2.90. The molecule has 3 aromatic carbocycles. The van der Waals surface area contributed by atoms with Crippen LogP contribution in [0, 0.1) is 0 Å². The Hall–Kier alpha value is -4.00. The van der Waals surface area contributed by atoms with Crippen LogP contribution in [0.3, 0.4) is 0 Å². The standard InChI is InChI=1S/C30H37N3O8S/c1-20(34)33-23-13-14-27(25(17-23)39-16-15-22-11-8-10-21-9-6-7-12-24(21)22)42(37,38)32-19-40-26(29(36)31-5)18-28(35)41-30(2,3)4/h6-14,17,26,32H,15-16,18-19H2,1-5H3,(H,31,36)(H,33,34). The van der Waals surface area contributed by atoms with Crippen LogP contribution in [-0.2, 0) is 40.3 Å². The maximum atomic E-state index is 13.3. The van der Waals surface area contributed by atoms with Gasteiger partial charge in [0.25, 0.3) is 0 Å². The van der Waals surface area contributed by atoms with E-state index in [2.05, 4.69) is 15.4 Å². The lowest BCUT2D eigenvalue weighted by molar-refractivity contribution is -0.160. The van der Waals surface area contributed by atoms with Crippen LogP contribution in [0.25, 0.3) is 10.8 Å². The van der Waals surface area contributed by atoms with E-state index in [4.69, 9.17) is 14.2 Å². The van der Waals surface area contributed by atoms with E-state index in [9.17, 15) is 22.8 Å². The van der Waals surface area contributed by atoms with Gasteiger partial charge in [-0.2, -0.15) is 4.72 Å². The summed E-state index contributed by atoms with van der Waals surface area (Å²) in [5, 5.41) is 7.16. The number of benzene rings is 3. The Kier molecular flexibility index (Phi) is 11.0. The summed E-state index contributed by atoms with van der Waals surface area (Å²) in [6.45, 7) is 5.96. The van der Waals surface area contributed by atoms with Crippen LogP contribution in [0.15, 0.2) is 65.6 Å². The highest BCUT2D eigenvalue weighted by atomic mass is 32.2. The van der Waals surface area contributed by atoms with Crippen molar-refractivity contribution in [3.8, 4) is 5.75 Å². The van der Waals surface area contributed by atoms with Crippen molar-refractivity contribution in [2.45, 2.75) is 57.1 Å². The summed E-state index contributed by atoms with van der Waals surface area (Å²) in [6.07, 6.45) is -1.20. The fraction of sp³-hybridized carbons (Fsp3) is 0.367. The molecule has 0 heterocycles. The molecule has 0 aliphatic carbocycles. The maximum Gasteiger partial charge on any atom is 0.309 e. The first-order chi connectivity index (χ1) is 19.8. The molecule has 3 N–H and O–H groups in total. The summed E-state index contributed by atoms with van der Waals surface area (Å²) in [5.41, 5.74) is 0.626. The molecule has 0 saturated carbocycles. The van der Waals surface area contributed by atoms with Gasteiger partial charge in [-0.05, 0) is 49.2 Å². The molecule has 0 aromatic heterocycles. The van der Waals surface area contributed by atoms with E-state index in [0.29, 0.717) is 12.1 Å². The highest BCUT2D eigenvalue weighted by Crippen LogP contribution is 2.28. The number of rotatable bonds is 13. The van der Waals surface area contributed by atoms with E-state index in [1.165, 1.54) is 32.2 Å². The predicted molar refractivity (Wildman–Crippen MR) is 158 cm³/mol. The zero-order chi connectivity index (χ0) is 30.9. The van der Waals surface area contributed by atoms with E-state index in [1.54, 1.807) is 20.8 Å². The van der Waals surface area contributed by atoms with Crippen LogP contribution in [0.2, 0.25) is 0 Å². The molecule has 0 aliphatic rings. The van der Waals surface area contributed by atoms with Crippen LogP contribution in [-0.4, -0.2) is 58.3 Å². The number of esters is 1. The lowest BCUT2D eigenvalue weighted by Crippen LogP contribution is -2.40. The van der Waals surface area contributed by atoms with Gasteiger partial charge in [0.2, 0.25) is 21.8 Å². The first kappa shape index (κ1) is 32.5. The zero-order valence-electron chi connectivity index (χ0n) is 24.4.